The Morgan fingerprint density at radius 2 is 1.57 bits per heavy atom. The van der Waals surface area contributed by atoms with Crippen molar-refractivity contribution in [2.75, 3.05) is 0 Å². The molecule has 1 nitrogen and oxygen atoms in total. The molecule has 0 aliphatic carbocycles. The van der Waals surface area contributed by atoms with Crippen LogP contribution in [-0.2, 0) is 4.79 Å². The number of ketones is 1. The molecular formula is C5H11NaO. The molecule has 0 radical (unpaired) electrons. The van der Waals surface area contributed by atoms with Gasteiger partial charge in [-0.25, -0.2) is 0 Å². The molecule has 0 N–H and O–H groups in total. The quantitative estimate of drug-likeness (QED) is 0.479. The predicted octanol–water partition coefficient (Wildman–Crippen LogP) is 0.727. The van der Waals surface area contributed by atoms with E-state index in [0.717, 1.165) is 0 Å². The average Bonchev–Trinajstić information content (AvgIpc) is 1.65. The molecule has 0 saturated heterocycles. The number of carbonyl (C=O) groups is 1. The van der Waals surface area contributed by atoms with E-state index in [0.29, 0.717) is 18.6 Å². The molecule has 38 valence electrons. The van der Waals surface area contributed by atoms with Gasteiger partial charge < -0.3 is 0 Å². The fraction of sp³-hybridized carbons (Fsp3) is 0.800. The van der Waals surface area contributed by atoms with E-state index in [4.69, 9.17) is 0 Å². The molecule has 0 fully saturated rings. The molecular weight excluding hydrogens is 99.0 g/mol. The van der Waals surface area contributed by atoms with Gasteiger partial charge in [0.2, 0.25) is 0 Å². The molecule has 0 rings (SSSR count). The Balaban J connectivity index is 0. The summed E-state index contributed by atoms with van der Waals surface area (Å²) >= 11 is 0. The van der Waals surface area contributed by atoms with Crippen LogP contribution in [0.2, 0.25) is 0 Å². The molecule has 0 aromatic heterocycles. The Hall–Kier alpha value is 0.670. The van der Waals surface area contributed by atoms with Crippen molar-refractivity contribution in [1.82, 2.24) is 0 Å². The number of carbonyl (C=O) groups excluding carboxylic acids is 1. The zero-order chi connectivity index (χ0) is 4.99. The van der Waals surface area contributed by atoms with Crippen LogP contribution in [0.3, 0.4) is 0 Å². The SMILES string of the molecule is CCC(=O)CC.[NaH]. The Kier molecular flexibility index (Phi) is 10.1. The maximum atomic E-state index is 10.2. The first kappa shape index (κ1) is 10.6. The standard InChI is InChI=1S/C5H10O.Na.H/c1-3-5(6)4-2;;/h3-4H2,1-2H3;;. The van der Waals surface area contributed by atoms with Gasteiger partial charge >= 0.3 is 29.6 Å². The second-order valence-electron chi connectivity index (χ2n) is 1.25. The number of hydrogen-bond donors (Lipinski definition) is 0. The first-order valence-corrected chi connectivity index (χ1v) is 2.33. The summed E-state index contributed by atoms with van der Waals surface area (Å²) < 4.78 is 0. The molecule has 0 aromatic rings. The van der Waals surface area contributed by atoms with E-state index in [1.165, 1.54) is 0 Å². The molecule has 0 bridgehead atoms. The third-order valence-electron chi connectivity index (χ3n) is 0.789. The van der Waals surface area contributed by atoms with Crippen LogP contribution in [0.1, 0.15) is 26.7 Å². The minimum absolute atomic E-state index is 0. The summed E-state index contributed by atoms with van der Waals surface area (Å²) in [6.07, 6.45) is 1.38. The third-order valence-corrected chi connectivity index (χ3v) is 0.789. The summed E-state index contributed by atoms with van der Waals surface area (Å²) in [4.78, 5) is 10.2. The average molecular weight is 110 g/mol. The first-order valence-electron chi connectivity index (χ1n) is 2.33. The molecule has 0 heterocycles. The maximum absolute atomic E-state index is 10.2. The van der Waals surface area contributed by atoms with Crippen molar-refractivity contribution in [3.63, 3.8) is 0 Å². The normalized spacial score (nSPS) is 7.14. The van der Waals surface area contributed by atoms with Gasteiger partial charge in [-0.05, 0) is 0 Å². The fourth-order valence-corrected chi connectivity index (χ4v) is 0.250. The van der Waals surface area contributed by atoms with Gasteiger partial charge in [0.1, 0.15) is 5.78 Å². The number of rotatable bonds is 2. The zero-order valence-corrected chi connectivity index (χ0v) is 4.32. The van der Waals surface area contributed by atoms with Crippen LogP contribution in [0.5, 0.6) is 0 Å². The van der Waals surface area contributed by atoms with Crippen molar-refractivity contribution < 1.29 is 4.79 Å². The van der Waals surface area contributed by atoms with Crippen LogP contribution >= 0.6 is 0 Å². The Labute approximate surface area is 66.8 Å². The predicted molar refractivity (Wildman–Crippen MR) is 32.7 cm³/mol. The van der Waals surface area contributed by atoms with Crippen molar-refractivity contribution in [3.05, 3.63) is 0 Å². The van der Waals surface area contributed by atoms with E-state index in [1.807, 2.05) is 13.8 Å². The molecule has 0 atom stereocenters. The monoisotopic (exact) mass is 110 g/mol. The van der Waals surface area contributed by atoms with E-state index >= 15 is 0 Å². The summed E-state index contributed by atoms with van der Waals surface area (Å²) in [6, 6.07) is 0. The number of hydrogen-bond acceptors (Lipinski definition) is 1. The molecule has 0 aliphatic heterocycles. The van der Waals surface area contributed by atoms with E-state index < -0.39 is 0 Å². The summed E-state index contributed by atoms with van der Waals surface area (Å²) in [5.41, 5.74) is 0. The van der Waals surface area contributed by atoms with Crippen LogP contribution in [0.4, 0.5) is 0 Å². The van der Waals surface area contributed by atoms with Crippen molar-refractivity contribution in [2.24, 2.45) is 0 Å². The van der Waals surface area contributed by atoms with Gasteiger partial charge in [-0.15, -0.1) is 0 Å². The van der Waals surface area contributed by atoms with Gasteiger partial charge in [-0.1, -0.05) is 13.8 Å². The van der Waals surface area contributed by atoms with Crippen molar-refractivity contribution >= 4 is 35.3 Å². The molecule has 0 saturated carbocycles. The second kappa shape index (κ2) is 6.67. The molecule has 0 aromatic carbocycles. The van der Waals surface area contributed by atoms with E-state index in [2.05, 4.69) is 0 Å². The van der Waals surface area contributed by atoms with Gasteiger partial charge in [0.15, 0.2) is 0 Å². The molecule has 0 spiro atoms. The summed E-state index contributed by atoms with van der Waals surface area (Å²) in [6.45, 7) is 3.76. The minimum atomic E-state index is 0. The van der Waals surface area contributed by atoms with E-state index in [9.17, 15) is 4.79 Å². The van der Waals surface area contributed by atoms with Crippen molar-refractivity contribution in [2.45, 2.75) is 26.7 Å². The summed E-state index contributed by atoms with van der Waals surface area (Å²) in [5, 5.41) is 0. The van der Waals surface area contributed by atoms with E-state index in [1.54, 1.807) is 0 Å². The van der Waals surface area contributed by atoms with Crippen molar-refractivity contribution in [1.29, 1.82) is 0 Å². The Morgan fingerprint density at radius 1 is 1.29 bits per heavy atom. The van der Waals surface area contributed by atoms with Gasteiger partial charge in [0, 0.05) is 12.8 Å². The summed E-state index contributed by atoms with van der Waals surface area (Å²) in [5.74, 6) is 0.343. The van der Waals surface area contributed by atoms with Crippen LogP contribution in [0, 0.1) is 0 Å². The molecule has 0 unspecified atom stereocenters. The topological polar surface area (TPSA) is 17.1 Å². The van der Waals surface area contributed by atoms with Gasteiger partial charge in [0.05, 0.1) is 0 Å². The number of Topliss-reactive ketones (excluding diaryl/α,β-unsaturated/α-hetero) is 1. The van der Waals surface area contributed by atoms with Gasteiger partial charge in [0.25, 0.3) is 0 Å². The third kappa shape index (κ3) is 6.67. The molecule has 2 heteroatoms. The van der Waals surface area contributed by atoms with Crippen LogP contribution in [-0.4, -0.2) is 35.3 Å². The summed E-state index contributed by atoms with van der Waals surface area (Å²) in [7, 11) is 0. The molecule has 0 aliphatic rings. The molecule has 0 amide bonds. The van der Waals surface area contributed by atoms with Gasteiger partial charge in [-0.2, -0.15) is 0 Å². The Morgan fingerprint density at radius 3 is 1.57 bits per heavy atom. The van der Waals surface area contributed by atoms with Gasteiger partial charge in [-0.3, -0.25) is 4.79 Å². The van der Waals surface area contributed by atoms with Crippen LogP contribution in [0.25, 0.3) is 0 Å². The second-order valence-corrected chi connectivity index (χ2v) is 1.25. The van der Waals surface area contributed by atoms with Crippen LogP contribution < -0.4 is 0 Å². The van der Waals surface area contributed by atoms with Crippen LogP contribution in [0.15, 0.2) is 0 Å². The van der Waals surface area contributed by atoms with Crippen molar-refractivity contribution in [3.8, 4) is 0 Å². The zero-order valence-electron chi connectivity index (χ0n) is 4.32. The van der Waals surface area contributed by atoms with E-state index in [-0.39, 0.29) is 29.6 Å². The first-order chi connectivity index (χ1) is 2.81. The fourth-order valence-electron chi connectivity index (χ4n) is 0.250. The Bertz CT molecular complexity index is 46.0. The molecule has 7 heavy (non-hydrogen) atoms.